The Morgan fingerprint density at radius 2 is 2.04 bits per heavy atom. The third-order valence-electron chi connectivity index (χ3n) is 6.52. The highest BCUT2D eigenvalue weighted by Crippen LogP contribution is 2.71. The maximum Gasteiger partial charge on any atom is 0.367 e. The predicted molar refractivity (Wildman–Crippen MR) is 75.2 cm³/mol. The van der Waals surface area contributed by atoms with E-state index in [1.165, 1.54) is 6.08 Å². The van der Waals surface area contributed by atoms with Gasteiger partial charge in [-0.15, -0.1) is 0 Å². The number of hydrogen-bond donors (Lipinski definition) is 2. The van der Waals surface area contributed by atoms with Crippen molar-refractivity contribution in [1.82, 2.24) is 0 Å². The van der Waals surface area contributed by atoms with Crippen molar-refractivity contribution in [1.29, 1.82) is 0 Å². The van der Waals surface area contributed by atoms with Crippen LogP contribution in [0.3, 0.4) is 0 Å². The molecule has 24 heavy (non-hydrogen) atoms. The predicted octanol–water partition coefficient (Wildman–Crippen LogP) is -0.924. The van der Waals surface area contributed by atoms with Gasteiger partial charge in [0.15, 0.2) is 5.78 Å². The fraction of sp³-hybridized carbons (Fsp3) is 0.688. The fourth-order valence-electron chi connectivity index (χ4n) is 5.10. The Kier molecular flexibility index (Phi) is 2.67. The summed E-state index contributed by atoms with van der Waals surface area (Å²) >= 11 is 0. The lowest BCUT2D eigenvalue weighted by atomic mass is 9.51. The van der Waals surface area contributed by atoms with Gasteiger partial charge in [0.25, 0.3) is 5.79 Å². The summed E-state index contributed by atoms with van der Waals surface area (Å²) in [5, 5.41) is 22.2. The minimum absolute atomic E-state index is 0.0570. The normalized spacial score (nSPS) is 51.8. The van der Waals surface area contributed by atoms with E-state index in [4.69, 9.17) is 14.2 Å². The van der Waals surface area contributed by atoms with Crippen molar-refractivity contribution in [3.05, 3.63) is 11.6 Å². The molecule has 0 aromatic carbocycles. The Balaban J connectivity index is 2.03. The van der Waals surface area contributed by atoms with Crippen LogP contribution in [0, 0.1) is 16.7 Å². The summed E-state index contributed by atoms with van der Waals surface area (Å²) in [6.07, 6.45) is 0.0571. The summed E-state index contributed by atoms with van der Waals surface area (Å²) in [6, 6.07) is 0. The number of fused-ring (bicyclic) bond motifs is 4. The van der Waals surface area contributed by atoms with Crippen LogP contribution in [0.2, 0.25) is 0 Å². The molecule has 3 fully saturated rings. The lowest BCUT2D eigenvalue weighted by molar-refractivity contribution is -0.253. The molecule has 1 saturated carbocycles. The second-order valence-corrected chi connectivity index (χ2v) is 7.27. The summed E-state index contributed by atoms with van der Waals surface area (Å²) in [7, 11) is 1.10. The Bertz CT molecular complexity index is 728. The largest absolute Gasteiger partial charge is 0.465 e. The van der Waals surface area contributed by atoms with Crippen LogP contribution in [-0.2, 0) is 28.6 Å². The second-order valence-electron chi connectivity index (χ2n) is 7.27. The molecule has 6 atom stereocenters. The zero-order valence-electron chi connectivity index (χ0n) is 13.5. The highest BCUT2D eigenvalue weighted by Gasteiger charge is 2.84. The maximum absolute atomic E-state index is 12.4. The second kappa shape index (κ2) is 4.07. The first kappa shape index (κ1) is 15.7. The third kappa shape index (κ3) is 1.22. The lowest BCUT2D eigenvalue weighted by Gasteiger charge is -2.49. The smallest absolute Gasteiger partial charge is 0.367 e. The van der Waals surface area contributed by atoms with Gasteiger partial charge in [-0.3, -0.25) is 4.79 Å². The molecule has 0 amide bonds. The average Bonchev–Trinajstić information content (AvgIpc) is 3.09. The van der Waals surface area contributed by atoms with E-state index in [9.17, 15) is 24.6 Å². The quantitative estimate of drug-likeness (QED) is 0.589. The molecule has 8 nitrogen and oxygen atoms in total. The molecular weight excluding hydrogens is 320 g/mol. The Labute approximate surface area is 137 Å². The van der Waals surface area contributed by atoms with Crippen molar-refractivity contribution in [3.8, 4) is 0 Å². The zero-order valence-corrected chi connectivity index (χ0v) is 13.5. The Hall–Kier alpha value is -1.77. The van der Waals surface area contributed by atoms with Crippen molar-refractivity contribution in [2.75, 3.05) is 13.7 Å². The summed E-state index contributed by atoms with van der Waals surface area (Å²) in [5.41, 5.74) is -4.43. The van der Waals surface area contributed by atoms with E-state index < -0.39 is 46.2 Å². The molecule has 130 valence electrons. The van der Waals surface area contributed by atoms with Crippen molar-refractivity contribution < 1.29 is 38.8 Å². The van der Waals surface area contributed by atoms with Gasteiger partial charge in [-0.1, -0.05) is 6.92 Å². The van der Waals surface area contributed by atoms with Crippen molar-refractivity contribution in [3.63, 3.8) is 0 Å². The molecule has 2 aliphatic heterocycles. The number of hydrogen-bond acceptors (Lipinski definition) is 8. The molecule has 0 aromatic heterocycles. The number of aliphatic hydroxyl groups is 2. The minimum atomic E-state index is -2.45. The molecular formula is C16H18O8. The third-order valence-corrected chi connectivity index (χ3v) is 6.52. The number of cyclic esters (lactones) is 1. The van der Waals surface area contributed by atoms with E-state index in [0.29, 0.717) is 5.57 Å². The molecule has 4 rings (SSSR count). The van der Waals surface area contributed by atoms with Gasteiger partial charge in [-0.25, -0.2) is 9.59 Å². The number of allylic oxidation sites excluding steroid dienone is 1. The molecule has 8 heteroatoms. The van der Waals surface area contributed by atoms with Gasteiger partial charge in [0.05, 0.1) is 17.9 Å². The first-order valence-corrected chi connectivity index (χ1v) is 7.74. The first-order chi connectivity index (χ1) is 11.1. The van der Waals surface area contributed by atoms with E-state index in [0.717, 1.165) is 7.11 Å². The van der Waals surface area contributed by atoms with E-state index in [2.05, 4.69) is 0 Å². The van der Waals surface area contributed by atoms with Gasteiger partial charge in [-0.05, 0) is 25.0 Å². The molecule has 2 saturated heterocycles. The van der Waals surface area contributed by atoms with Crippen LogP contribution < -0.4 is 0 Å². The standard InChI is InChI=1S/C16H18O8/c1-7-8(17)4-9-13(2)6-23-11(18)15(13,20)10-5-14(7,9)16(21,24-10)12(19)22-3/h4,7,10,20-21H,5-6H2,1-3H3/t7-,10?,13?,14?,15?,16?/m0/s1. The Morgan fingerprint density at radius 1 is 1.38 bits per heavy atom. The number of carbonyl (C=O) groups excluding carboxylic acids is 3. The number of ether oxygens (including phenoxy) is 3. The highest BCUT2D eigenvalue weighted by molar-refractivity contribution is 6.00. The van der Waals surface area contributed by atoms with Gasteiger partial charge >= 0.3 is 11.9 Å². The number of carbonyl (C=O) groups is 3. The topological polar surface area (TPSA) is 119 Å². The number of esters is 2. The number of methoxy groups -OCH3 is 1. The van der Waals surface area contributed by atoms with E-state index >= 15 is 0 Å². The number of rotatable bonds is 1. The molecule has 2 N–H and O–H groups in total. The van der Waals surface area contributed by atoms with E-state index in [1.807, 2.05) is 0 Å². The molecule has 0 radical (unpaired) electrons. The molecule has 2 bridgehead atoms. The van der Waals surface area contributed by atoms with Crippen LogP contribution in [0.4, 0.5) is 0 Å². The maximum atomic E-state index is 12.4. The zero-order chi connectivity index (χ0) is 17.7. The van der Waals surface area contributed by atoms with Crippen molar-refractivity contribution >= 4 is 17.7 Å². The van der Waals surface area contributed by atoms with Gasteiger partial charge in [0.1, 0.15) is 12.7 Å². The number of ketones is 1. The van der Waals surface area contributed by atoms with E-state index in [1.54, 1.807) is 13.8 Å². The molecule has 2 heterocycles. The molecule has 4 aliphatic rings. The van der Waals surface area contributed by atoms with Crippen LogP contribution in [0.5, 0.6) is 0 Å². The monoisotopic (exact) mass is 338 g/mol. The SMILES string of the molecule is COC(=O)C1(O)OC2CC13C(=CC(=O)[C@@H]3C)C1(C)COC(=O)C21O. The molecule has 1 spiro atoms. The van der Waals surface area contributed by atoms with Crippen molar-refractivity contribution in [2.45, 2.75) is 37.8 Å². The van der Waals surface area contributed by atoms with Gasteiger partial charge in [0, 0.05) is 5.92 Å². The van der Waals surface area contributed by atoms with Gasteiger partial charge < -0.3 is 24.4 Å². The van der Waals surface area contributed by atoms with Gasteiger partial charge in [-0.2, -0.15) is 0 Å². The summed E-state index contributed by atoms with van der Waals surface area (Å²) < 4.78 is 15.3. The molecule has 0 aromatic rings. The average molecular weight is 338 g/mol. The molecule has 5 unspecified atom stereocenters. The van der Waals surface area contributed by atoms with Gasteiger partial charge in [0.2, 0.25) is 5.60 Å². The van der Waals surface area contributed by atoms with E-state index in [-0.39, 0.29) is 18.8 Å². The van der Waals surface area contributed by atoms with Crippen LogP contribution in [0.25, 0.3) is 0 Å². The minimum Gasteiger partial charge on any atom is -0.465 e. The summed E-state index contributed by atoms with van der Waals surface area (Å²) in [5.74, 6) is -5.46. The highest BCUT2D eigenvalue weighted by atomic mass is 16.7. The fourth-order valence-corrected chi connectivity index (χ4v) is 5.10. The van der Waals surface area contributed by atoms with Crippen LogP contribution in [0.15, 0.2) is 11.6 Å². The first-order valence-electron chi connectivity index (χ1n) is 7.74. The van der Waals surface area contributed by atoms with Crippen molar-refractivity contribution in [2.24, 2.45) is 16.7 Å². The van der Waals surface area contributed by atoms with Crippen LogP contribution in [-0.4, -0.2) is 59.1 Å². The summed E-state index contributed by atoms with van der Waals surface area (Å²) in [4.78, 5) is 37.0. The van der Waals surface area contributed by atoms with Crippen LogP contribution in [0.1, 0.15) is 20.3 Å². The lowest BCUT2D eigenvalue weighted by Crippen LogP contribution is -2.63. The summed E-state index contributed by atoms with van der Waals surface area (Å²) in [6.45, 7) is 3.02. The van der Waals surface area contributed by atoms with Crippen LogP contribution >= 0.6 is 0 Å². The molecule has 2 aliphatic carbocycles. The Morgan fingerprint density at radius 3 is 2.67 bits per heavy atom.